The van der Waals surface area contributed by atoms with Gasteiger partial charge in [-0.15, -0.1) is 11.3 Å². The molecular formula is C19H25N3O2S. The lowest BCUT2D eigenvalue weighted by Gasteiger charge is -2.33. The number of aromatic nitrogens is 2. The number of piperidine rings is 1. The first-order valence-electron chi connectivity index (χ1n) is 9.41. The third-order valence-electron chi connectivity index (χ3n) is 5.67. The molecule has 1 fully saturated rings. The number of carbonyl (C=O) groups is 1. The molecule has 0 aromatic carbocycles. The van der Waals surface area contributed by atoms with Gasteiger partial charge in [0.1, 0.15) is 10.7 Å². The van der Waals surface area contributed by atoms with Crippen LogP contribution in [-0.4, -0.2) is 32.9 Å². The molecule has 0 spiro atoms. The summed E-state index contributed by atoms with van der Waals surface area (Å²) < 4.78 is 1.84. The van der Waals surface area contributed by atoms with Crippen LogP contribution in [0.15, 0.2) is 4.79 Å². The lowest BCUT2D eigenvalue weighted by Crippen LogP contribution is -2.41. The Morgan fingerprint density at radius 2 is 1.96 bits per heavy atom. The van der Waals surface area contributed by atoms with Crippen LogP contribution in [0.2, 0.25) is 0 Å². The van der Waals surface area contributed by atoms with E-state index in [2.05, 4.69) is 6.92 Å². The lowest BCUT2D eigenvalue weighted by molar-refractivity contribution is 0.0640. The Balaban J connectivity index is 1.81. The normalized spacial score (nSPS) is 21.2. The minimum absolute atomic E-state index is 0.0430. The topological polar surface area (TPSA) is 55.2 Å². The molecule has 5 nitrogen and oxygen atoms in total. The van der Waals surface area contributed by atoms with E-state index in [1.807, 2.05) is 16.4 Å². The van der Waals surface area contributed by atoms with E-state index >= 15 is 0 Å². The molecule has 6 heteroatoms. The van der Waals surface area contributed by atoms with Gasteiger partial charge in [0.15, 0.2) is 0 Å². The van der Waals surface area contributed by atoms with Crippen LogP contribution in [0.3, 0.4) is 0 Å². The fourth-order valence-electron chi connectivity index (χ4n) is 4.14. The number of hydrogen-bond donors (Lipinski definition) is 0. The van der Waals surface area contributed by atoms with E-state index in [4.69, 9.17) is 4.98 Å². The third-order valence-corrected chi connectivity index (χ3v) is 6.84. The maximum Gasteiger partial charge on any atom is 0.264 e. The molecule has 1 amide bonds. The predicted octanol–water partition coefficient (Wildman–Crippen LogP) is 3.51. The number of hydrogen-bond acceptors (Lipinski definition) is 4. The molecule has 25 heavy (non-hydrogen) atoms. The first-order chi connectivity index (χ1) is 12.1. The highest BCUT2D eigenvalue weighted by Crippen LogP contribution is 2.31. The van der Waals surface area contributed by atoms with Crippen LogP contribution in [0, 0.1) is 6.92 Å². The molecule has 0 radical (unpaired) electrons. The number of rotatable bonds is 1. The Kier molecular flexibility index (Phi) is 4.40. The van der Waals surface area contributed by atoms with Gasteiger partial charge in [0.25, 0.3) is 11.5 Å². The summed E-state index contributed by atoms with van der Waals surface area (Å²) in [6.07, 6.45) is 7.42. The number of nitrogens with zero attached hydrogens (tertiary/aromatic N) is 3. The van der Waals surface area contributed by atoms with Crippen molar-refractivity contribution in [2.75, 3.05) is 6.54 Å². The van der Waals surface area contributed by atoms with Crippen molar-refractivity contribution < 1.29 is 4.79 Å². The fourth-order valence-corrected chi connectivity index (χ4v) is 5.29. The number of thiophene rings is 1. The Bertz CT molecular complexity index is 883. The molecule has 2 aromatic heterocycles. The zero-order valence-electron chi connectivity index (χ0n) is 15.0. The molecule has 0 saturated carbocycles. The van der Waals surface area contributed by atoms with E-state index in [1.54, 1.807) is 0 Å². The zero-order chi connectivity index (χ0) is 17.6. The monoisotopic (exact) mass is 359 g/mol. The van der Waals surface area contributed by atoms with Gasteiger partial charge in [-0.1, -0.05) is 6.42 Å². The van der Waals surface area contributed by atoms with Gasteiger partial charge >= 0.3 is 0 Å². The van der Waals surface area contributed by atoms with Gasteiger partial charge in [0.2, 0.25) is 0 Å². The van der Waals surface area contributed by atoms with Crippen molar-refractivity contribution in [1.82, 2.24) is 14.5 Å². The summed E-state index contributed by atoms with van der Waals surface area (Å²) in [5.74, 6) is 0.967. The van der Waals surface area contributed by atoms with Gasteiger partial charge in [-0.05, 0) is 51.5 Å². The Morgan fingerprint density at radius 3 is 2.76 bits per heavy atom. The highest BCUT2D eigenvalue weighted by atomic mass is 32.1. The van der Waals surface area contributed by atoms with E-state index < -0.39 is 0 Å². The second-order valence-corrected chi connectivity index (χ2v) is 8.37. The number of carbonyl (C=O) groups excluding carboxylic acids is 1. The number of amides is 1. The second-order valence-electron chi connectivity index (χ2n) is 7.38. The van der Waals surface area contributed by atoms with Crippen molar-refractivity contribution in [2.24, 2.45) is 0 Å². The molecule has 2 aliphatic rings. The highest BCUT2D eigenvalue weighted by Gasteiger charge is 2.29. The maximum absolute atomic E-state index is 13.1. The molecule has 2 aromatic rings. The summed E-state index contributed by atoms with van der Waals surface area (Å²) in [4.78, 5) is 34.3. The minimum Gasteiger partial charge on any atom is -0.335 e. The summed E-state index contributed by atoms with van der Waals surface area (Å²) in [6.45, 7) is 5.60. The first kappa shape index (κ1) is 16.8. The fraction of sp³-hybridized carbons (Fsp3) is 0.632. The second kappa shape index (κ2) is 6.56. The highest BCUT2D eigenvalue weighted by molar-refractivity contribution is 7.20. The van der Waals surface area contributed by atoms with E-state index in [1.165, 1.54) is 17.8 Å². The third kappa shape index (κ3) is 2.80. The van der Waals surface area contributed by atoms with Crippen LogP contribution in [-0.2, 0) is 13.0 Å². The summed E-state index contributed by atoms with van der Waals surface area (Å²) in [6, 6.07) is 0.275. The molecule has 4 rings (SSSR count). The summed E-state index contributed by atoms with van der Waals surface area (Å²) in [5.41, 5.74) is 0.862. The standard InChI is InChI=1S/C19H25N3O2S/c1-12-8-5-7-10-21(12)19(24)16-13(2)15-17(25-16)20-14-9-4-3-6-11-22(14)18(15)23/h12H,3-11H2,1-2H3. The van der Waals surface area contributed by atoms with E-state index in [-0.39, 0.29) is 17.5 Å². The lowest BCUT2D eigenvalue weighted by atomic mass is 10.0. The average molecular weight is 359 g/mol. The first-order valence-corrected chi connectivity index (χ1v) is 10.2. The van der Waals surface area contributed by atoms with Crippen molar-refractivity contribution >= 4 is 27.5 Å². The van der Waals surface area contributed by atoms with Gasteiger partial charge in [-0.25, -0.2) is 4.98 Å². The molecule has 0 aliphatic carbocycles. The molecule has 0 N–H and O–H groups in total. The van der Waals surface area contributed by atoms with E-state index in [9.17, 15) is 9.59 Å². The van der Waals surface area contributed by atoms with Crippen LogP contribution < -0.4 is 5.56 Å². The van der Waals surface area contributed by atoms with Gasteiger partial charge in [-0.2, -0.15) is 0 Å². The maximum atomic E-state index is 13.1. The van der Waals surface area contributed by atoms with Crippen molar-refractivity contribution in [1.29, 1.82) is 0 Å². The number of likely N-dealkylation sites (tertiary alicyclic amines) is 1. The molecule has 134 valence electrons. The van der Waals surface area contributed by atoms with Gasteiger partial charge in [-0.3, -0.25) is 14.2 Å². The smallest absolute Gasteiger partial charge is 0.264 e. The van der Waals surface area contributed by atoms with Crippen LogP contribution in [0.5, 0.6) is 0 Å². The SMILES string of the molecule is Cc1c(C(=O)N2CCCCC2C)sc2nc3n(c(=O)c12)CCCCC3. The predicted molar refractivity (Wildman–Crippen MR) is 101 cm³/mol. The van der Waals surface area contributed by atoms with Crippen molar-refractivity contribution in [2.45, 2.75) is 71.4 Å². The average Bonchev–Trinajstić information content (AvgIpc) is 2.78. The van der Waals surface area contributed by atoms with Gasteiger partial charge in [0, 0.05) is 25.6 Å². The quantitative estimate of drug-likeness (QED) is 0.783. The van der Waals surface area contributed by atoms with Gasteiger partial charge in [0.05, 0.1) is 10.3 Å². The van der Waals surface area contributed by atoms with E-state index in [0.717, 1.165) is 67.8 Å². The molecule has 2 aliphatic heterocycles. The Labute approximate surface area is 151 Å². The van der Waals surface area contributed by atoms with Crippen molar-refractivity contribution in [3.63, 3.8) is 0 Å². The molecule has 0 bridgehead atoms. The summed E-state index contributed by atoms with van der Waals surface area (Å²) in [5, 5.41) is 0.656. The molecule has 1 saturated heterocycles. The number of fused-ring (bicyclic) bond motifs is 2. The largest absolute Gasteiger partial charge is 0.335 e. The van der Waals surface area contributed by atoms with E-state index in [0.29, 0.717) is 10.3 Å². The van der Waals surface area contributed by atoms with Crippen LogP contribution in [0.25, 0.3) is 10.2 Å². The summed E-state index contributed by atoms with van der Waals surface area (Å²) in [7, 11) is 0. The molecular weight excluding hydrogens is 334 g/mol. The molecule has 4 heterocycles. The Morgan fingerprint density at radius 1 is 1.16 bits per heavy atom. The van der Waals surface area contributed by atoms with Crippen molar-refractivity contribution in [3.05, 3.63) is 26.6 Å². The zero-order valence-corrected chi connectivity index (χ0v) is 15.8. The van der Waals surface area contributed by atoms with Gasteiger partial charge < -0.3 is 4.90 Å². The van der Waals surface area contributed by atoms with Crippen LogP contribution >= 0.6 is 11.3 Å². The minimum atomic E-state index is 0.0430. The van der Waals surface area contributed by atoms with Crippen LogP contribution in [0.4, 0.5) is 0 Å². The number of aryl methyl sites for hydroxylation is 2. The Hall–Kier alpha value is -1.69. The van der Waals surface area contributed by atoms with Crippen molar-refractivity contribution in [3.8, 4) is 0 Å². The summed E-state index contributed by atoms with van der Waals surface area (Å²) >= 11 is 1.41. The molecule has 1 atom stereocenters. The molecule has 1 unspecified atom stereocenters. The van der Waals surface area contributed by atoms with Crippen LogP contribution in [0.1, 0.15) is 66.5 Å².